The van der Waals surface area contributed by atoms with Gasteiger partial charge in [0.2, 0.25) is 4.96 Å². The molecule has 3 aromatic carbocycles. The second-order valence-corrected chi connectivity index (χ2v) is 7.33. The Morgan fingerprint density at radius 1 is 0.964 bits per heavy atom. The number of rotatable bonds is 3. The Kier molecular flexibility index (Phi) is 3.87. The van der Waals surface area contributed by atoms with Crippen LogP contribution in [0.1, 0.15) is 16.2 Å². The Morgan fingerprint density at radius 3 is 2.64 bits per heavy atom. The number of carbonyl (C=O) groups is 1. The minimum absolute atomic E-state index is 0.150. The molecular formula is C21H15N5OS. The number of benzene rings is 3. The van der Waals surface area contributed by atoms with Crippen LogP contribution in [0, 0.1) is 6.92 Å². The Balaban J connectivity index is 1.54. The van der Waals surface area contributed by atoms with E-state index in [1.54, 1.807) is 4.52 Å². The van der Waals surface area contributed by atoms with E-state index in [1.807, 2.05) is 73.7 Å². The SMILES string of the molecule is Cc1nnc2sc(-c3ccccc3NC(=O)c3cccc4ccccc34)nn12. The second kappa shape index (κ2) is 6.54. The van der Waals surface area contributed by atoms with Crippen molar-refractivity contribution in [2.45, 2.75) is 6.92 Å². The van der Waals surface area contributed by atoms with Crippen LogP contribution in [0.2, 0.25) is 0 Å². The first-order valence-electron chi connectivity index (χ1n) is 8.78. The smallest absolute Gasteiger partial charge is 0.256 e. The van der Waals surface area contributed by atoms with Gasteiger partial charge in [0.1, 0.15) is 5.01 Å². The highest BCUT2D eigenvalue weighted by Gasteiger charge is 2.16. The van der Waals surface area contributed by atoms with Gasteiger partial charge in [0.05, 0.1) is 5.69 Å². The zero-order valence-electron chi connectivity index (χ0n) is 15.0. The molecule has 0 bridgehead atoms. The van der Waals surface area contributed by atoms with E-state index in [-0.39, 0.29) is 5.91 Å². The summed E-state index contributed by atoms with van der Waals surface area (Å²) < 4.78 is 1.71. The molecule has 0 aliphatic rings. The average molecular weight is 385 g/mol. The number of anilines is 1. The highest BCUT2D eigenvalue weighted by atomic mass is 32.1. The molecule has 2 heterocycles. The minimum Gasteiger partial charge on any atom is -0.321 e. The van der Waals surface area contributed by atoms with E-state index in [9.17, 15) is 4.79 Å². The molecule has 0 spiro atoms. The lowest BCUT2D eigenvalue weighted by Gasteiger charge is -2.11. The molecule has 7 heteroatoms. The summed E-state index contributed by atoms with van der Waals surface area (Å²) in [6, 6.07) is 21.3. The lowest BCUT2D eigenvalue weighted by atomic mass is 10.0. The number of nitrogens with zero attached hydrogens (tertiary/aromatic N) is 4. The number of hydrogen-bond acceptors (Lipinski definition) is 5. The zero-order valence-corrected chi connectivity index (χ0v) is 15.8. The van der Waals surface area contributed by atoms with Gasteiger partial charge in [-0.2, -0.15) is 9.61 Å². The largest absolute Gasteiger partial charge is 0.321 e. The van der Waals surface area contributed by atoms with Gasteiger partial charge < -0.3 is 5.32 Å². The van der Waals surface area contributed by atoms with Crippen LogP contribution in [0.15, 0.2) is 66.7 Å². The summed E-state index contributed by atoms with van der Waals surface area (Å²) in [6.07, 6.45) is 0. The van der Waals surface area contributed by atoms with E-state index >= 15 is 0 Å². The maximum atomic E-state index is 13.0. The van der Waals surface area contributed by atoms with Crippen molar-refractivity contribution in [3.05, 3.63) is 78.1 Å². The standard InChI is InChI=1S/C21H15N5OS/c1-13-23-24-21-26(13)25-20(28-21)17-10-4-5-12-18(17)22-19(27)16-11-6-8-14-7-2-3-9-15(14)16/h2-12H,1H3,(H,22,27). The predicted molar refractivity (Wildman–Crippen MR) is 111 cm³/mol. The van der Waals surface area contributed by atoms with Crippen molar-refractivity contribution < 1.29 is 4.79 Å². The van der Waals surface area contributed by atoms with Crippen molar-refractivity contribution >= 4 is 38.7 Å². The molecule has 1 amide bonds. The fourth-order valence-electron chi connectivity index (χ4n) is 3.22. The lowest BCUT2D eigenvalue weighted by Crippen LogP contribution is -2.13. The molecule has 0 saturated heterocycles. The van der Waals surface area contributed by atoms with E-state index in [4.69, 9.17) is 0 Å². The van der Waals surface area contributed by atoms with Crippen LogP contribution in [0.5, 0.6) is 0 Å². The normalized spacial score (nSPS) is 11.2. The third kappa shape index (κ3) is 2.73. The molecule has 0 fully saturated rings. The number of hydrogen-bond donors (Lipinski definition) is 1. The first-order valence-corrected chi connectivity index (χ1v) is 9.60. The van der Waals surface area contributed by atoms with Crippen LogP contribution < -0.4 is 5.32 Å². The number of amides is 1. The summed E-state index contributed by atoms with van der Waals surface area (Å²) in [5.41, 5.74) is 2.20. The number of fused-ring (bicyclic) bond motifs is 2. The molecule has 0 aliphatic carbocycles. The third-order valence-corrected chi connectivity index (χ3v) is 5.52. The van der Waals surface area contributed by atoms with Gasteiger partial charge in [-0.25, -0.2) is 0 Å². The van der Waals surface area contributed by atoms with Crippen molar-refractivity contribution in [2.24, 2.45) is 0 Å². The molecule has 28 heavy (non-hydrogen) atoms. The van der Waals surface area contributed by atoms with Gasteiger partial charge in [0, 0.05) is 11.1 Å². The van der Waals surface area contributed by atoms with Crippen molar-refractivity contribution in [3.8, 4) is 10.6 Å². The summed E-state index contributed by atoms with van der Waals surface area (Å²) in [4.78, 5) is 13.8. The van der Waals surface area contributed by atoms with Crippen LogP contribution in [-0.2, 0) is 0 Å². The lowest BCUT2D eigenvalue weighted by molar-refractivity contribution is 0.102. The van der Waals surface area contributed by atoms with Crippen LogP contribution >= 0.6 is 11.3 Å². The minimum atomic E-state index is -0.150. The van der Waals surface area contributed by atoms with Gasteiger partial charge in [-0.3, -0.25) is 4.79 Å². The van der Waals surface area contributed by atoms with Crippen molar-refractivity contribution in [3.63, 3.8) is 0 Å². The quantitative estimate of drug-likeness (QED) is 0.494. The van der Waals surface area contributed by atoms with Gasteiger partial charge in [-0.15, -0.1) is 10.2 Å². The molecule has 0 aliphatic heterocycles. The number of aryl methyl sites for hydroxylation is 1. The predicted octanol–water partition coefficient (Wildman–Crippen LogP) is 4.57. The van der Waals surface area contributed by atoms with Crippen LogP contribution in [0.25, 0.3) is 26.3 Å². The Hall–Kier alpha value is -3.58. The van der Waals surface area contributed by atoms with Crippen molar-refractivity contribution in [1.82, 2.24) is 19.8 Å². The molecule has 0 atom stereocenters. The van der Waals surface area contributed by atoms with Crippen LogP contribution in [0.3, 0.4) is 0 Å². The average Bonchev–Trinajstić information content (AvgIpc) is 3.30. The second-order valence-electron chi connectivity index (χ2n) is 6.38. The van der Waals surface area contributed by atoms with Gasteiger partial charge in [-0.05, 0) is 35.9 Å². The fraction of sp³-hybridized carbons (Fsp3) is 0.0476. The Labute approximate surface area is 164 Å². The molecule has 1 N–H and O–H groups in total. The molecule has 0 radical (unpaired) electrons. The molecule has 136 valence electrons. The van der Waals surface area contributed by atoms with Gasteiger partial charge in [-0.1, -0.05) is 59.9 Å². The molecule has 0 unspecified atom stereocenters. The molecule has 5 aromatic rings. The number of aromatic nitrogens is 4. The van der Waals surface area contributed by atoms with Crippen LogP contribution in [-0.4, -0.2) is 25.7 Å². The summed E-state index contributed by atoms with van der Waals surface area (Å²) >= 11 is 1.44. The number of para-hydroxylation sites is 1. The van der Waals surface area contributed by atoms with Gasteiger partial charge in [0.25, 0.3) is 5.91 Å². The molecular weight excluding hydrogens is 370 g/mol. The summed E-state index contributed by atoms with van der Waals surface area (Å²) in [6.45, 7) is 1.86. The maximum Gasteiger partial charge on any atom is 0.256 e. The van der Waals surface area contributed by atoms with E-state index in [0.717, 1.165) is 32.1 Å². The first kappa shape index (κ1) is 16.6. The maximum absolute atomic E-state index is 13.0. The first-order chi connectivity index (χ1) is 13.7. The Morgan fingerprint density at radius 2 is 1.75 bits per heavy atom. The number of carbonyl (C=O) groups excluding carboxylic acids is 1. The fourth-order valence-corrected chi connectivity index (χ4v) is 4.14. The summed E-state index contributed by atoms with van der Waals surface area (Å²) in [7, 11) is 0. The molecule has 5 rings (SSSR count). The third-order valence-electron chi connectivity index (χ3n) is 4.59. The Bertz CT molecular complexity index is 1330. The van der Waals surface area contributed by atoms with Crippen LogP contribution in [0.4, 0.5) is 5.69 Å². The van der Waals surface area contributed by atoms with Gasteiger partial charge >= 0.3 is 0 Å². The van der Waals surface area contributed by atoms with Crippen molar-refractivity contribution in [1.29, 1.82) is 0 Å². The number of nitrogens with one attached hydrogen (secondary N) is 1. The topological polar surface area (TPSA) is 72.2 Å². The highest BCUT2D eigenvalue weighted by molar-refractivity contribution is 7.19. The molecule has 0 saturated carbocycles. The summed E-state index contributed by atoms with van der Waals surface area (Å²) in [5, 5.41) is 18.5. The van der Waals surface area contributed by atoms with E-state index in [1.165, 1.54) is 11.3 Å². The van der Waals surface area contributed by atoms with Gasteiger partial charge in [0.15, 0.2) is 5.82 Å². The van der Waals surface area contributed by atoms with E-state index < -0.39 is 0 Å². The van der Waals surface area contributed by atoms with E-state index in [2.05, 4.69) is 20.6 Å². The summed E-state index contributed by atoms with van der Waals surface area (Å²) in [5.74, 6) is 0.582. The van der Waals surface area contributed by atoms with E-state index in [0.29, 0.717) is 11.3 Å². The van der Waals surface area contributed by atoms with Crippen molar-refractivity contribution in [2.75, 3.05) is 5.32 Å². The highest BCUT2D eigenvalue weighted by Crippen LogP contribution is 2.32. The molecule has 2 aromatic heterocycles. The molecule has 6 nitrogen and oxygen atoms in total. The monoisotopic (exact) mass is 385 g/mol. The zero-order chi connectivity index (χ0) is 19.1.